The molecule has 0 fully saturated rings. The van der Waals surface area contributed by atoms with Crippen molar-refractivity contribution >= 4 is 17.9 Å². The molecule has 81 heavy (non-hydrogen) atoms. The summed E-state index contributed by atoms with van der Waals surface area (Å²) in [7, 11) is 0. The van der Waals surface area contributed by atoms with Crippen LogP contribution in [0.25, 0.3) is 0 Å². The van der Waals surface area contributed by atoms with E-state index >= 15 is 0 Å². The third-order valence-corrected chi connectivity index (χ3v) is 12.3. The first-order valence-corrected chi connectivity index (χ1v) is 31.6. The molecule has 1 unspecified atom stereocenters. The van der Waals surface area contributed by atoms with Gasteiger partial charge in [0.2, 0.25) is 0 Å². The van der Waals surface area contributed by atoms with Crippen molar-refractivity contribution in [2.45, 2.75) is 232 Å². The molecule has 0 aliphatic carbocycles. The number of rotatable bonds is 54. The SMILES string of the molecule is CC/C=C\C/C=C\C/C=C\C/C=C\C/C=C\C/C=C\C/C=C\C/C=C\C/C=C\CCCCCCCC(=O)OCC(COC(=O)CCCCC/C=C\C/C=C\C/C=C\CC)OC(=O)CCC/C=C\C/C=C\C/C=C\C/C=C\C/C=C\CC. The smallest absolute Gasteiger partial charge is 0.306 e. The summed E-state index contributed by atoms with van der Waals surface area (Å²) >= 11 is 0. The summed E-state index contributed by atoms with van der Waals surface area (Å²) in [5, 5.41) is 0. The molecule has 448 valence electrons. The minimum Gasteiger partial charge on any atom is -0.462 e. The van der Waals surface area contributed by atoms with Crippen LogP contribution in [0, 0.1) is 0 Å². The van der Waals surface area contributed by atoms with Crippen molar-refractivity contribution in [3.63, 3.8) is 0 Å². The molecule has 0 aliphatic heterocycles. The summed E-state index contributed by atoms with van der Waals surface area (Å²) < 4.78 is 16.8. The average Bonchev–Trinajstić information content (AvgIpc) is 3.46. The fourth-order valence-corrected chi connectivity index (χ4v) is 7.66. The first-order valence-electron chi connectivity index (χ1n) is 31.6. The van der Waals surface area contributed by atoms with Crippen molar-refractivity contribution in [1.82, 2.24) is 0 Å². The van der Waals surface area contributed by atoms with Crippen LogP contribution in [0.2, 0.25) is 0 Å². The van der Waals surface area contributed by atoms with Crippen molar-refractivity contribution < 1.29 is 28.6 Å². The zero-order chi connectivity index (χ0) is 58.5. The van der Waals surface area contributed by atoms with Gasteiger partial charge in [-0.05, 0) is 161 Å². The van der Waals surface area contributed by atoms with E-state index in [1.165, 1.54) is 0 Å². The Morgan fingerprint density at radius 2 is 0.457 bits per heavy atom. The van der Waals surface area contributed by atoms with E-state index in [2.05, 4.69) is 227 Å². The molecule has 0 aromatic heterocycles. The first kappa shape index (κ1) is 75.0. The van der Waals surface area contributed by atoms with Crippen LogP contribution in [0.5, 0.6) is 0 Å². The second kappa shape index (κ2) is 66.5. The van der Waals surface area contributed by atoms with Crippen LogP contribution in [0.3, 0.4) is 0 Å². The highest BCUT2D eigenvalue weighted by Crippen LogP contribution is 2.12. The third-order valence-electron chi connectivity index (χ3n) is 12.3. The molecule has 0 heterocycles. The van der Waals surface area contributed by atoms with Crippen molar-refractivity contribution in [3.05, 3.63) is 207 Å². The van der Waals surface area contributed by atoms with Gasteiger partial charge in [0.05, 0.1) is 0 Å². The minimum absolute atomic E-state index is 0.132. The summed E-state index contributed by atoms with van der Waals surface area (Å²) in [5.74, 6) is -1.05. The lowest BCUT2D eigenvalue weighted by Crippen LogP contribution is -2.30. The number of hydrogen-bond acceptors (Lipinski definition) is 6. The normalized spacial score (nSPS) is 13.6. The van der Waals surface area contributed by atoms with Gasteiger partial charge in [0.1, 0.15) is 13.2 Å². The molecule has 0 aromatic carbocycles. The Hall–Kier alpha value is -6.01. The van der Waals surface area contributed by atoms with Gasteiger partial charge in [-0.15, -0.1) is 0 Å². The molecule has 0 spiro atoms. The number of hydrogen-bond donors (Lipinski definition) is 0. The monoisotopic (exact) mass is 1110 g/mol. The van der Waals surface area contributed by atoms with Gasteiger partial charge < -0.3 is 14.2 Å². The van der Waals surface area contributed by atoms with Crippen LogP contribution in [-0.4, -0.2) is 37.2 Å². The van der Waals surface area contributed by atoms with E-state index in [9.17, 15) is 14.4 Å². The van der Waals surface area contributed by atoms with Gasteiger partial charge >= 0.3 is 17.9 Å². The average molecular weight is 1110 g/mol. The summed E-state index contributed by atoms with van der Waals surface area (Å²) in [6.07, 6.45) is 103. The summed E-state index contributed by atoms with van der Waals surface area (Å²) in [6, 6.07) is 0. The Morgan fingerprint density at radius 1 is 0.247 bits per heavy atom. The molecule has 0 saturated heterocycles. The third kappa shape index (κ3) is 64.7. The number of ether oxygens (including phenoxy) is 3. The van der Waals surface area contributed by atoms with Crippen LogP contribution in [0.4, 0.5) is 0 Å². The predicted molar refractivity (Wildman–Crippen MR) is 352 cm³/mol. The lowest BCUT2D eigenvalue weighted by molar-refractivity contribution is -0.167. The summed E-state index contributed by atoms with van der Waals surface area (Å²) in [4.78, 5) is 38.2. The molecule has 0 N–H and O–H groups in total. The second-order valence-electron chi connectivity index (χ2n) is 19.8. The number of carbonyl (C=O) groups is 3. The van der Waals surface area contributed by atoms with E-state index in [0.717, 1.165) is 180 Å². The van der Waals surface area contributed by atoms with Crippen LogP contribution < -0.4 is 0 Å². The molecule has 0 radical (unpaired) electrons. The second-order valence-corrected chi connectivity index (χ2v) is 19.8. The van der Waals surface area contributed by atoms with Crippen LogP contribution >= 0.6 is 0 Å². The molecule has 1 atom stereocenters. The molecule has 0 bridgehead atoms. The quantitative estimate of drug-likeness (QED) is 0.0261. The summed E-state index contributed by atoms with van der Waals surface area (Å²) in [6.45, 7) is 6.18. The van der Waals surface area contributed by atoms with Crippen LogP contribution in [0.1, 0.15) is 226 Å². The number of carbonyl (C=O) groups excluding carboxylic acids is 3. The number of esters is 3. The molecule has 0 aliphatic rings. The maximum Gasteiger partial charge on any atom is 0.306 e. The Balaban J connectivity index is 4.44. The molecule has 0 rings (SSSR count). The lowest BCUT2D eigenvalue weighted by atomic mass is 10.1. The van der Waals surface area contributed by atoms with Gasteiger partial charge in [-0.1, -0.05) is 253 Å². The molecular formula is C75H112O6. The van der Waals surface area contributed by atoms with Crippen molar-refractivity contribution in [1.29, 1.82) is 0 Å². The minimum atomic E-state index is -0.842. The standard InChI is InChI=1S/C75H112O6/c1-4-7-10-13-16-19-22-25-27-29-30-31-32-33-34-35-36-37-38-39-40-41-42-43-44-46-47-50-53-56-59-62-65-68-74(77)80-71-72(70-79-73(76)67-64-61-58-55-52-49-24-21-18-15-12-9-6-3)81-75(78)69-66-63-60-57-54-51-48-45-28-26-23-20-17-14-11-8-5-2/h7-12,16-21,25-28,30-31,33-34,36-37,39-40,42-43,46-49,51-52,57,60,72H,4-6,13-15,22-24,29,32,35,38,41,44-45,50,53-56,58-59,61-71H2,1-3H3/b10-7-,11-8-,12-9-,19-16-,20-17-,21-18-,27-25-,28-26-,31-30-,34-33-,37-36-,40-39-,43-42-,47-46-,51-48-,52-49-,60-57-. The molecule has 0 aromatic rings. The topological polar surface area (TPSA) is 78.9 Å². The Kier molecular flexibility index (Phi) is 61.6. The van der Waals surface area contributed by atoms with Gasteiger partial charge in [0, 0.05) is 19.3 Å². The van der Waals surface area contributed by atoms with Gasteiger partial charge in [0.15, 0.2) is 6.10 Å². The van der Waals surface area contributed by atoms with E-state index < -0.39 is 6.10 Å². The van der Waals surface area contributed by atoms with E-state index in [-0.39, 0.29) is 37.5 Å². The first-order chi connectivity index (χ1) is 40.0. The zero-order valence-corrected chi connectivity index (χ0v) is 51.2. The Bertz CT molecular complexity index is 2000. The fourth-order valence-electron chi connectivity index (χ4n) is 7.66. The van der Waals surface area contributed by atoms with E-state index in [1.807, 2.05) is 0 Å². The Labute approximate surface area is 496 Å². The van der Waals surface area contributed by atoms with Crippen molar-refractivity contribution in [2.75, 3.05) is 13.2 Å². The van der Waals surface area contributed by atoms with Crippen LogP contribution in [0.15, 0.2) is 207 Å². The van der Waals surface area contributed by atoms with E-state index in [1.54, 1.807) is 0 Å². The van der Waals surface area contributed by atoms with Crippen LogP contribution in [-0.2, 0) is 28.6 Å². The van der Waals surface area contributed by atoms with E-state index in [4.69, 9.17) is 14.2 Å². The zero-order valence-electron chi connectivity index (χ0n) is 51.2. The highest BCUT2D eigenvalue weighted by Gasteiger charge is 2.19. The molecule has 6 nitrogen and oxygen atoms in total. The van der Waals surface area contributed by atoms with Gasteiger partial charge in [-0.3, -0.25) is 14.4 Å². The Morgan fingerprint density at radius 3 is 0.741 bits per heavy atom. The fraction of sp³-hybridized carbons (Fsp3) is 0.507. The molecule has 0 saturated carbocycles. The van der Waals surface area contributed by atoms with E-state index in [0.29, 0.717) is 19.3 Å². The van der Waals surface area contributed by atoms with Gasteiger partial charge in [0.25, 0.3) is 0 Å². The molecular weight excluding hydrogens is 997 g/mol. The predicted octanol–water partition coefficient (Wildman–Crippen LogP) is 22.0. The summed E-state index contributed by atoms with van der Waals surface area (Å²) in [5.41, 5.74) is 0. The molecule has 6 heteroatoms. The van der Waals surface area contributed by atoms with Crippen molar-refractivity contribution in [2.24, 2.45) is 0 Å². The van der Waals surface area contributed by atoms with Crippen molar-refractivity contribution in [3.8, 4) is 0 Å². The largest absolute Gasteiger partial charge is 0.462 e. The highest BCUT2D eigenvalue weighted by atomic mass is 16.6. The van der Waals surface area contributed by atoms with Gasteiger partial charge in [-0.25, -0.2) is 0 Å². The number of allylic oxidation sites excluding steroid dienone is 34. The lowest BCUT2D eigenvalue weighted by Gasteiger charge is -2.18. The highest BCUT2D eigenvalue weighted by molar-refractivity contribution is 5.71. The maximum atomic E-state index is 12.9. The maximum absolute atomic E-state index is 12.9. The van der Waals surface area contributed by atoms with Gasteiger partial charge in [-0.2, -0.15) is 0 Å². The molecule has 0 amide bonds. The number of unbranched alkanes of at least 4 members (excludes halogenated alkanes) is 9.